The van der Waals surface area contributed by atoms with E-state index >= 15 is 0 Å². The fraction of sp³-hybridized carbons (Fsp3) is 0.600. The highest BCUT2D eigenvalue weighted by molar-refractivity contribution is 6.99. The highest BCUT2D eigenvalue weighted by Crippen LogP contribution is 2.41. The lowest BCUT2D eigenvalue weighted by Crippen LogP contribution is -2.67. The summed E-state index contributed by atoms with van der Waals surface area (Å²) < 4.78 is 26.9. The molecule has 1 saturated heterocycles. The molecule has 1 fully saturated rings. The van der Waals surface area contributed by atoms with Crippen molar-refractivity contribution in [3.05, 3.63) is 72.8 Å². The van der Waals surface area contributed by atoms with Crippen molar-refractivity contribution >= 4 is 27.0 Å². The number of aliphatic hydroxyl groups is 1. The molecule has 234 valence electrons. The fourth-order valence-corrected chi connectivity index (χ4v) is 11.6. The van der Waals surface area contributed by atoms with Gasteiger partial charge in [0.2, 0.25) is 0 Å². The first kappa shape index (κ1) is 34.9. The smallest absolute Gasteiger partial charge is 0.261 e. The van der Waals surface area contributed by atoms with Gasteiger partial charge in [0.05, 0.1) is 12.2 Å². The minimum atomic E-state index is -2.65. The Morgan fingerprint density at radius 2 is 1.38 bits per heavy atom. The zero-order chi connectivity index (χ0) is 31.4. The lowest BCUT2D eigenvalue weighted by molar-refractivity contribution is -0.152. The lowest BCUT2D eigenvalue weighted by atomic mass is 10.0. The van der Waals surface area contributed by atoms with Gasteiger partial charge in [0.15, 0.2) is 14.1 Å². The third-order valence-electron chi connectivity index (χ3n) is 8.78. The van der Waals surface area contributed by atoms with E-state index in [2.05, 4.69) is 134 Å². The van der Waals surface area contributed by atoms with Gasteiger partial charge in [0, 0.05) is 12.7 Å². The standard InChI is InChI=1S/C35H56O5Si2/c1-27(39-42(34(5,6)7,28-20-14-12-15-21-28)29-22-16-13-17-23-29)19-18-24-31(40-41(10,11)33(2,3)4)32-30(25-26-36)37-35(8,9)38-32/h12-18,20-24,27,30-32,36H,19,25-26H2,1-11H3/t27-,30+,31?,32+/m1/s1. The van der Waals surface area contributed by atoms with E-state index in [1.54, 1.807) is 0 Å². The van der Waals surface area contributed by atoms with Gasteiger partial charge in [0.1, 0.15) is 6.10 Å². The van der Waals surface area contributed by atoms with Crippen molar-refractivity contribution < 1.29 is 23.4 Å². The summed E-state index contributed by atoms with van der Waals surface area (Å²) >= 11 is 0. The van der Waals surface area contributed by atoms with Crippen LogP contribution in [-0.2, 0) is 18.3 Å². The molecule has 7 heteroatoms. The van der Waals surface area contributed by atoms with Crippen LogP contribution in [0.4, 0.5) is 0 Å². The molecule has 0 radical (unpaired) electrons. The molecular weight excluding hydrogens is 557 g/mol. The first-order valence-corrected chi connectivity index (χ1v) is 20.3. The maximum atomic E-state index is 9.77. The van der Waals surface area contributed by atoms with E-state index < -0.39 is 22.4 Å². The molecule has 42 heavy (non-hydrogen) atoms. The summed E-state index contributed by atoms with van der Waals surface area (Å²) in [6.45, 7) is 24.3. The average Bonchev–Trinajstić information content (AvgIpc) is 3.20. The van der Waals surface area contributed by atoms with E-state index in [4.69, 9.17) is 18.3 Å². The van der Waals surface area contributed by atoms with Crippen LogP contribution in [-0.4, -0.2) is 58.6 Å². The van der Waals surface area contributed by atoms with Gasteiger partial charge in [-0.3, -0.25) is 0 Å². The van der Waals surface area contributed by atoms with Crippen LogP contribution < -0.4 is 10.4 Å². The summed E-state index contributed by atoms with van der Waals surface area (Å²) in [4.78, 5) is 0. The fourth-order valence-electron chi connectivity index (χ4n) is 5.67. The molecule has 1 unspecified atom stereocenters. The molecule has 1 aliphatic heterocycles. The van der Waals surface area contributed by atoms with Gasteiger partial charge in [-0.25, -0.2) is 0 Å². The molecule has 0 aromatic heterocycles. The number of hydrogen-bond donors (Lipinski definition) is 1. The quantitative estimate of drug-likeness (QED) is 0.203. The number of hydrogen-bond acceptors (Lipinski definition) is 5. The van der Waals surface area contributed by atoms with Crippen LogP contribution in [0.1, 0.15) is 75.2 Å². The summed E-state index contributed by atoms with van der Waals surface area (Å²) in [6.07, 6.45) is 4.75. The Morgan fingerprint density at radius 1 is 0.857 bits per heavy atom. The zero-order valence-electron chi connectivity index (χ0n) is 27.9. The summed E-state index contributed by atoms with van der Waals surface area (Å²) in [5, 5.41) is 12.3. The van der Waals surface area contributed by atoms with Crippen molar-refractivity contribution in [2.75, 3.05) is 6.61 Å². The molecule has 3 rings (SSSR count). The van der Waals surface area contributed by atoms with Gasteiger partial charge < -0.3 is 23.4 Å². The monoisotopic (exact) mass is 612 g/mol. The number of benzene rings is 2. The van der Waals surface area contributed by atoms with Crippen molar-refractivity contribution in [2.24, 2.45) is 0 Å². The van der Waals surface area contributed by atoms with E-state index in [0.29, 0.717) is 6.42 Å². The molecule has 1 N–H and O–H groups in total. The first-order valence-electron chi connectivity index (χ1n) is 15.5. The van der Waals surface area contributed by atoms with Crippen LogP contribution in [0.2, 0.25) is 23.2 Å². The second-order valence-corrected chi connectivity index (χ2v) is 23.8. The second-order valence-electron chi connectivity index (χ2n) is 14.7. The zero-order valence-corrected chi connectivity index (χ0v) is 29.9. The maximum absolute atomic E-state index is 9.77. The Bertz CT molecular complexity index is 1100. The van der Waals surface area contributed by atoms with Gasteiger partial charge in [0.25, 0.3) is 8.32 Å². The van der Waals surface area contributed by atoms with Crippen molar-refractivity contribution in [1.29, 1.82) is 0 Å². The summed E-state index contributed by atoms with van der Waals surface area (Å²) in [6, 6.07) is 21.6. The number of rotatable bonds is 12. The molecule has 0 spiro atoms. The van der Waals surface area contributed by atoms with Crippen molar-refractivity contribution in [3.63, 3.8) is 0 Å². The number of aliphatic hydroxyl groups excluding tert-OH is 1. The van der Waals surface area contributed by atoms with Gasteiger partial charge in [-0.15, -0.1) is 0 Å². The minimum Gasteiger partial charge on any atom is -0.408 e. The van der Waals surface area contributed by atoms with Gasteiger partial charge in [-0.2, -0.15) is 0 Å². The predicted octanol–water partition coefficient (Wildman–Crippen LogP) is 7.19. The topological polar surface area (TPSA) is 57.2 Å². The van der Waals surface area contributed by atoms with Crippen LogP contribution >= 0.6 is 0 Å². The van der Waals surface area contributed by atoms with E-state index in [1.165, 1.54) is 10.4 Å². The summed E-state index contributed by atoms with van der Waals surface area (Å²) in [7, 11) is -4.79. The van der Waals surface area contributed by atoms with Crippen molar-refractivity contribution in [2.45, 2.75) is 129 Å². The molecule has 0 saturated carbocycles. The Balaban J connectivity index is 1.93. The van der Waals surface area contributed by atoms with Gasteiger partial charge in [-0.05, 0) is 67.2 Å². The first-order chi connectivity index (χ1) is 19.4. The van der Waals surface area contributed by atoms with E-state index in [1.807, 2.05) is 13.8 Å². The SMILES string of the molecule is C[C@H](CC=CC(O[Si](C)(C)C(C)(C)C)[C@H]1OC(C)(C)O[C@H]1CCO)O[Si](c1ccccc1)(c1ccccc1)C(C)(C)C. The molecule has 1 heterocycles. The van der Waals surface area contributed by atoms with Crippen LogP contribution in [0.5, 0.6) is 0 Å². The third-order valence-corrected chi connectivity index (χ3v) is 18.4. The minimum absolute atomic E-state index is 0.0218. The molecule has 2 aromatic carbocycles. The Labute approximate surface area is 257 Å². The van der Waals surface area contributed by atoms with Crippen LogP contribution in [0.25, 0.3) is 0 Å². The Morgan fingerprint density at radius 3 is 1.83 bits per heavy atom. The number of ether oxygens (including phenoxy) is 2. The highest BCUT2D eigenvalue weighted by atomic mass is 28.4. The summed E-state index contributed by atoms with van der Waals surface area (Å²) in [5.41, 5.74) is 0. The van der Waals surface area contributed by atoms with E-state index in [-0.39, 0.29) is 41.1 Å². The van der Waals surface area contributed by atoms with E-state index in [0.717, 1.165) is 6.42 Å². The molecule has 0 aliphatic carbocycles. The highest BCUT2D eigenvalue weighted by Gasteiger charge is 2.51. The molecule has 0 bridgehead atoms. The predicted molar refractivity (Wildman–Crippen MR) is 180 cm³/mol. The van der Waals surface area contributed by atoms with Gasteiger partial charge >= 0.3 is 0 Å². The maximum Gasteiger partial charge on any atom is 0.261 e. The Hall–Kier alpha value is -1.59. The molecule has 4 atom stereocenters. The normalized spacial score (nSPS) is 21.5. The third kappa shape index (κ3) is 8.11. The summed E-state index contributed by atoms with van der Waals surface area (Å²) in [5.74, 6) is -0.729. The molecular formula is C35H56O5Si2. The van der Waals surface area contributed by atoms with Crippen LogP contribution in [0.3, 0.4) is 0 Å². The van der Waals surface area contributed by atoms with Crippen LogP contribution in [0, 0.1) is 0 Å². The van der Waals surface area contributed by atoms with Crippen molar-refractivity contribution in [1.82, 2.24) is 0 Å². The van der Waals surface area contributed by atoms with Crippen LogP contribution in [0.15, 0.2) is 72.8 Å². The van der Waals surface area contributed by atoms with Gasteiger partial charge in [-0.1, -0.05) is 114 Å². The Kier molecular flexibility index (Phi) is 11.3. The van der Waals surface area contributed by atoms with E-state index in [9.17, 15) is 5.11 Å². The molecule has 2 aromatic rings. The average molecular weight is 613 g/mol. The molecule has 5 nitrogen and oxygen atoms in total. The molecule has 1 aliphatic rings. The van der Waals surface area contributed by atoms with Crippen molar-refractivity contribution in [3.8, 4) is 0 Å². The second kappa shape index (κ2) is 13.6. The largest absolute Gasteiger partial charge is 0.408 e. The molecule has 0 amide bonds. The lowest BCUT2D eigenvalue weighted by Gasteiger charge is -2.44.